The summed E-state index contributed by atoms with van der Waals surface area (Å²) in [6.45, 7) is 8.43. The fourth-order valence-corrected chi connectivity index (χ4v) is 2.15. The van der Waals surface area contributed by atoms with Crippen molar-refractivity contribution >= 4 is 6.09 Å². The highest BCUT2D eigenvalue weighted by Gasteiger charge is 2.19. The Hall–Kier alpha value is -2.57. The normalized spacial score (nSPS) is 11.2. The van der Waals surface area contributed by atoms with Gasteiger partial charge in [-0.1, -0.05) is 12.1 Å². The minimum atomic E-state index is -0.489. The second-order valence-corrected chi connectivity index (χ2v) is 6.81. The van der Waals surface area contributed by atoms with Gasteiger partial charge in [0.1, 0.15) is 29.2 Å². The molecule has 0 saturated heterocycles. The third-order valence-electron chi connectivity index (χ3n) is 3.32. The van der Waals surface area contributed by atoms with Gasteiger partial charge in [-0.05, 0) is 46.2 Å². The highest BCUT2D eigenvalue weighted by atomic mass is 16.6. The molecule has 7 heteroatoms. The van der Waals surface area contributed by atoms with Gasteiger partial charge in [-0.2, -0.15) is 5.10 Å². The number of amides is 1. The van der Waals surface area contributed by atoms with E-state index < -0.39 is 5.60 Å². The Kier molecular flexibility index (Phi) is 6.01. The van der Waals surface area contributed by atoms with Crippen LogP contribution in [0.15, 0.2) is 30.6 Å². The molecule has 1 aromatic carbocycles. The van der Waals surface area contributed by atoms with E-state index in [1.165, 1.54) is 0 Å². The van der Waals surface area contributed by atoms with Crippen molar-refractivity contribution in [1.29, 1.82) is 0 Å². The minimum Gasteiger partial charge on any atom is -0.491 e. The predicted octanol–water partition coefficient (Wildman–Crippen LogP) is 3.21. The van der Waals surface area contributed by atoms with Crippen LogP contribution in [0, 0.1) is 6.92 Å². The number of hydrogen-bond acceptors (Lipinski definition) is 5. The van der Waals surface area contributed by atoms with Gasteiger partial charge in [-0.15, -0.1) is 0 Å². The summed E-state index contributed by atoms with van der Waals surface area (Å²) in [5.41, 5.74) is 0.347. The van der Waals surface area contributed by atoms with Crippen molar-refractivity contribution in [3.05, 3.63) is 36.4 Å². The molecule has 1 aromatic heterocycles. The fraction of sp³-hybridized carbons (Fsp3) is 0.500. The molecule has 1 amide bonds. The molecule has 0 radical (unpaired) electrons. The molecule has 0 aliphatic carbocycles. The van der Waals surface area contributed by atoms with Crippen LogP contribution in [0.25, 0.3) is 5.69 Å². The van der Waals surface area contributed by atoms with E-state index >= 15 is 0 Å². The first-order valence-corrected chi connectivity index (χ1v) is 8.31. The molecule has 0 aliphatic rings. The van der Waals surface area contributed by atoms with Crippen LogP contribution in [-0.2, 0) is 4.74 Å². The van der Waals surface area contributed by atoms with E-state index in [2.05, 4.69) is 10.1 Å². The Labute approximate surface area is 148 Å². The maximum Gasteiger partial charge on any atom is 0.410 e. The first-order valence-electron chi connectivity index (χ1n) is 8.31. The molecule has 7 nitrogen and oxygen atoms in total. The molecule has 0 N–H and O–H groups in total. The summed E-state index contributed by atoms with van der Waals surface area (Å²) < 4.78 is 12.9. The zero-order valence-corrected chi connectivity index (χ0v) is 15.5. The van der Waals surface area contributed by atoms with Gasteiger partial charge in [0.15, 0.2) is 0 Å². The first kappa shape index (κ1) is 18.8. The number of nitrogens with zero attached hydrogens (tertiary/aromatic N) is 4. The van der Waals surface area contributed by atoms with Crippen LogP contribution < -0.4 is 4.74 Å². The summed E-state index contributed by atoms with van der Waals surface area (Å²) >= 11 is 0. The number of carbonyl (C=O) groups excluding carboxylic acids is 1. The van der Waals surface area contributed by atoms with Crippen LogP contribution in [0.4, 0.5) is 4.79 Å². The Balaban J connectivity index is 1.86. The third-order valence-corrected chi connectivity index (χ3v) is 3.32. The van der Waals surface area contributed by atoms with Crippen molar-refractivity contribution in [3.63, 3.8) is 0 Å². The van der Waals surface area contributed by atoms with Crippen LogP contribution in [0.5, 0.6) is 5.75 Å². The fourth-order valence-electron chi connectivity index (χ4n) is 2.15. The zero-order valence-electron chi connectivity index (χ0n) is 15.5. The molecule has 2 aromatic rings. The van der Waals surface area contributed by atoms with E-state index in [9.17, 15) is 4.79 Å². The number of hydrogen-bond donors (Lipinski definition) is 0. The van der Waals surface area contributed by atoms with Crippen molar-refractivity contribution in [1.82, 2.24) is 19.7 Å². The number of ether oxygens (including phenoxy) is 2. The van der Waals surface area contributed by atoms with Gasteiger partial charge in [0.2, 0.25) is 0 Å². The number of aromatic nitrogens is 3. The lowest BCUT2D eigenvalue weighted by Gasteiger charge is -2.24. The van der Waals surface area contributed by atoms with E-state index in [1.807, 2.05) is 52.0 Å². The number of benzene rings is 1. The topological polar surface area (TPSA) is 69.5 Å². The lowest BCUT2D eigenvalue weighted by Crippen LogP contribution is -2.35. The van der Waals surface area contributed by atoms with Gasteiger partial charge in [0, 0.05) is 13.6 Å². The average molecular weight is 346 g/mol. The molecule has 0 unspecified atom stereocenters. The minimum absolute atomic E-state index is 0.328. The Bertz CT molecular complexity index is 706. The van der Waals surface area contributed by atoms with E-state index in [0.29, 0.717) is 25.4 Å². The molecular weight excluding hydrogens is 320 g/mol. The van der Waals surface area contributed by atoms with Crippen LogP contribution in [0.2, 0.25) is 0 Å². The quantitative estimate of drug-likeness (QED) is 0.751. The monoisotopic (exact) mass is 346 g/mol. The van der Waals surface area contributed by atoms with Crippen molar-refractivity contribution < 1.29 is 14.3 Å². The summed E-state index contributed by atoms with van der Waals surface area (Å²) in [6.07, 6.45) is 2.03. The smallest absolute Gasteiger partial charge is 0.410 e. The summed E-state index contributed by atoms with van der Waals surface area (Å²) in [5, 5.41) is 4.31. The Morgan fingerprint density at radius 1 is 1.28 bits per heavy atom. The molecule has 136 valence electrons. The van der Waals surface area contributed by atoms with Gasteiger partial charge < -0.3 is 14.4 Å². The van der Waals surface area contributed by atoms with Crippen molar-refractivity contribution in [2.45, 2.75) is 39.7 Å². The largest absolute Gasteiger partial charge is 0.491 e. The summed E-state index contributed by atoms with van der Waals surface area (Å²) in [5.74, 6) is 1.43. The van der Waals surface area contributed by atoms with E-state index in [1.54, 1.807) is 23.0 Å². The highest BCUT2D eigenvalue weighted by Crippen LogP contribution is 2.21. The van der Waals surface area contributed by atoms with E-state index in [0.717, 1.165) is 11.4 Å². The van der Waals surface area contributed by atoms with Crippen LogP contribution in [0.1, 0.15) is 33.0 Å². The Morgan fingerprint density at radius 2 is 2.00 bits per heavy atom. The summed E-state index contributed by atoms with van der Waals surface area (Å²) in [7, 11) is 1.72. The van der Waals surface area contributed by atoms with E-state index in [-0.39, 0.29) is 6.09 Å². The molecular formula is C18H26N4O3. The second-order valence-electron chi connectivity index (χ2n) is 6.81. The average Bonchev–Trinajstić information content (AvgIpc) is 2.96. The van der Waals surface area contributed by atoms with Gasteiger partial charge >= 0.3 is 6.09 Å². The molecule has 0 aliphatic heterocycles. The lowest BCUT2D eigenvalue weighted by atomic mass is 10.2. The van der Waals surface area contributed by atoms with Crippen molar-refractivity contribution in [2.24, 2.45) is 0 Å². The van der Waals surface area contributed by atoms with Gasteiger partial charge in [-0.3, -0.25) is 0 Å². The van der Waals surface area contributed by atoms with Gasteiger partial charge in [0.25, 0.3) is 0 Å². The molecule has 0 fully saturated rings. The third kappa shape index (κ3) is 5.77. The molecule has 2 rings (SSSR count). The SMILES string of the molecule is Cc1ncn(-c2ccccc2OCCCN(C)C(=O)OC(C)(C)C)n1. The number of aryl methyl sites for hydroxylation is 1. The first-order chi connectivity index (χ1) is 11.8. The predicted molar refractivity (Wildman–Crippen MR) is 95.1 cm³/mol. The number of para-hydroxylation sites is 2. The molecule has 0 spiro atoms. The van der Waals surface area contributed by atoms with Crippen molar-refractivity contribution in [3.8, 4) is 11.4 Å². The maximum atomic E-state index is 11.9. The molecule has 0 atom stereocenters. The maximum absolute atomic E-state index is 11.9. The summed E-state index contributed by atoms with van der Waals surface area (Å²) in [6, 6.07) is 7.66. The highest BCUT2D eigenvalue weighted by molar-refractivity contribution is 5.67. The van der Waals surface area contributed by atoms with Gasteiger partial charge in [0.05, 0.1) is 6.61 Å². The Morgan fingerprint density at radius 3 is 2.64 bits per heavy atom. The zero-order chi connectivity index (χ0) is 18.4. The molecule has 0 bridgehead atoms. The van der Waals surface area contributed by atoms with E-state index in [4.69, 9.17) is 9.47 Å². The molecule has 0 saturated carbocycles. The van der Waals surface area contributed by atoms with Gasteiger partial charge in [-0.25, -0.2) is 14.5 Å². The number of rotatable bonds is 6. The second kappa shape index (κ2) is 8.00. The lowest BCUT2D eigenvalue weighted by molar-refractivity contribution is 0.0292. The van der Waals surface area contributed by atoms with Crippen LogP contribution in [0.3, 0.4) is 0 Å². The molecule has 1 heterocycles. The van der Waals surface area contributed by atoms with Crippen molar-refractivity contribution in [2.75, 3.05) is 20.2 Å². The van der Waals surface area contributed by atoms with Crippen LogP contribution in [-0.4, -0.2) is 51.6 Å². The molecule has 25 heavy (non-hydrogen) atoms. The standard InChI is InChI=1S/C18H26N4O3/c1-14-19-13-22(20-14)15-9-6-7-10-16(15)24-12-8-11-21(5)17(23)25-18(2,3)4/h6-7,9-10,13H,8,11-12H2,1-5H3. The number of carbonyl (C=O) groups is 1. The summed E-state index contributed by atoms with van der Waals surface area (Å²) in [4.78, 5) is 17.6. The van der Waals surface area contributed by atoms with Crippen LogP contribution >= 0.6 is 0 Å².